The highest BCUT2D eigenvalue weighted by Crippen LogP contribution is 2.45. The Morgan fingerprint density at radius 1 is 1.20 bits per heavy atom. The number of carbonyl (C=O) groups is 1. The molecule has 2 aromatic carbocycles. The van der Waals surface area contributed by atoms with Crippen molar-refractivity contribution in [2.45, 2.75) is 9.79 Å². The molecule has 0 unspecified atom stereocenters. The standard InChI is InChI=1S/C16H13NO2S/c1-2-10-19-16(18)11-6-5-9-14-15(11)17-12-7-3-4-8-13(12)20-14/h2-9,17H,1,10H2. The minimum Gasteiger partial charge on any atom is -0.458 e. The van der Waals surface area contributed by atoms with Gasteiger partial charge in [0, 0.05) is 9.79 Å². The van der Waals surface area contributed by atoms with Crippen LogP contribution in [0.5, 0.6) is 0 Å². The Morgan fingerprint density at radius 2 is 2.00 bits per heavy atom. The topological polar surface area (TPSA) is 38.3 Å². The van der Waals surface area contributed by atoms with E-state index in [1.165, 1.54) is 0 Å². The Morgan fingerprint density at radius 3 is 2.85 bits per heavy atom. The van der Waals surface area contributed by atoms with Crippen LogP contribution in [0, 0.1) is 0 Å². The first-order chi connectivity index (χ1) is 9.79. The molecule has 1 aliphatic rings. The highest BCUT2D eigenvalue weighted by atomic mass is 32.2. The summed E-state index contributed by atoms with van der Waals surface area (Å²) in [6.07, 6.45) is 1.56. The smallest absolute Gasteiger partial charge is 0.340 e. The average Bonchev–Trinajstić information content (AvgIpc) is 2.50. The monoisotopic (exact) mass is 283 g/mol. The zero-order valence-electron chi connectivity index (χ0n) is 10.8. The summed E-state index contributed by atoms with van der Waals surface area (Å²) in [5.41, 5.74) is 2.37. The zero-order chi connectivity index (χ0) is 13.9. The van der Waals surface area contributed by atoms with Gasteiger partial charge in [-0.1, -0.05) is 42.6 Å². The van der Waals surface area contributed by atoms with Gasteiger partial charge >= 0.3 is 5.97 Å². The third-order valence-electron chi connectivity index (χ3n) is 2.95. The van der Waals surface area contributed by atoms with Crippen molar-refractivity contribution in [3.63, 3.8) is 0 Å². The number of esters is 1. The van der Waals surface area contributed by atoms with Crippen LogP contribution in [0.2, 0.25) is 0 Å². The number of fused-ring (bicyclic) bond motifs is 2. The Hall–Kier alpha value is -2.20. The van der Waals surface area contributed by atoms with Gasteiger partial charge in [-0.25, -0.2) is 4.79 Å². The summed E-state index contributed by atoms with van der Waals surface area (Å²) in [4.78, 5) is 14.2. The molecule has 0 amide bonds. The Kier molecular flexibility index (Phi) is 3.48. The van der Waals surface area contributed by atoms with Crippen molar-refractivity contribution in [2.24, 2.45) is 0 Å². The van der Waals surface area contributed by atoms with Gasteiger partial charge in [0.25, 0.3) is 0 Å². The SMILES string of the molecule is C=CCOC(=O)c1cccc2c1Nc1ccccc1S2. The lowest BCUT2D eigenvalue weighted by atomic mass is 10.1. The van der Waals surface area contributed by atoms with Crippen LogP contribution in [0.4, 0.5) is 11.4 Å². The summed E-state index contributed by atoms with van der Waals surface area (Å²) < 4.78 is 5.13. The summed E-state index contributed by atoms with van der Waals surface area (Å²) in [5, 5.41) is 3.32. The van der Waals surface area contributed by atoms with E-state index in [-0.39, 0.29) is 12.6 Å². The van der Waals surface area contributed by atoms with E-state index in [0.717, 1.165) is 21.2 Å². The van der Waals surface area contributed by atoms with E-state index < -0.39 is 0 Å². The van der Waals surface area contributed by atoms with E-state index in [0.29, 0.717) is 5.56 Å². The van der Waals surface area contributed by atoms with Gasteiger partial charge in [-0.2, -0.15) is 0 Å². The number of hydrogen-bond donors (Lipinski definition) is 1. The van der Waals surface area contributed by atoms with E-state index in [2.05, 4.69) is 18.0 Å². The van der Waals surface area contributed by atoms with Crippen LogP contribution in [0.15, 0.2) is 64.9 Å². The van der Waals surface area contributed by atoms with Crippen molar-refractivity contribution >= 4 is 29.1 Å². The van der Waals surface area contributed by atoms with Crippen LogP contribution < -0.4 is 5.32 Å². The van der Waals surface area contributed by atoms with Crippen LogP contribution in [0.1, 0.15) is 10.4 Å². The van der Waals surface area contributed by atoms with Crippen molar-refractivity contribution in [1.29, 1.82) is 0 Å². The molecule has 3 rings (SSSR count). The van der Waals surface area contributed by atoms with Crippen molar-refractivity contribution in [3.8, 4) is 0 Å². The van der Waals surface area contributed by atoms with Gasteiger partial charge in [-0.3, -0.25) is 0 Å². The molecule has 0 aliphatic carbocycles. The molecule has 1 aliphatic heterocycles. The molecular weight excluding hydrogens is 270 g/mol. The van der Waals surface area contributed by atoms with Gasteiger partial charge in [-0.05, 0) is 24.3 Å². The first-order valence-electron chi connectivity index (χ1n) is 6.24. The number of benzene rings is 2. The number of anilines is 2. The van der Waals surface area contributed by atoms with Crippen LogP contribution in [0.25, 0.3) is 0 Å². The molecule has 2 aromatic rings. The third-order valence-corrected chi connectivity index (χ3v) is 4.08. The summed E-state index contributed by atoms with van der Waals surface area (Å²) in [7, 11) is 0. The lowest BCUT2D eigenvalue weighted by molar-refractivity contribution is 0.0550. The maximum absolute atomic E-state index is 12.1. The maximum atomic E-state index is 12.1. The number of carbonyl (C=O) groups excluding carboxylic acids is 1. The van der Waals surface area contributed by atoms with Gasteiger partial charge in [0.2, 0.25) is 0 Å². The number of ether oxygens (including phenoxy) is 1. The summed E-state index contributed by atoms with van der Waals surface area (Å²) in [5.74, 6) is -0.339. The lowest BCUT2D eigenvalue weighted by Crippen LogP contribution is -2.10. The number of para-hydroxylation sites is 2. The minimum absolute atomic E-state index is 0.215. The van der Waals surface area contributed by atoms with E-state index in [4.69, 9.17) is 4.74 Å². The molecule has 0 bridgehead atoms. The molecule has 0 atom stereocenters. The molecule has 0 radical (unpaired) electrons. The molecule has 0 saturated carbocycles. The zero-order valence-corrected chi connectivity index (χ0v) is 11.6. The normalized spacial score (nSPS) is 11.8. The van der Waals surface area contributed by atoms with Crippen molar-refractivity contribution in [2.75, 3.05) is 11.9 Å². The third kappa shape index (κ3) is 2.30. The van der Waals surface area contributed by atoms with Gasteiger partial charge in [0.15, 0.2) is 0 Å². The quantitative estimate of drug-likeness (QED) is 0.576. The Bertz CT molecular complexity index is 682. The van der Waals surface area contributed by atoms with E-state index in [1.54, 1.807) is 23.9 Å². The van der Waals surface area contributed by atoms with Gasteiger partial charge in [0.05, 0.1) is 16.9 Å². The molecule has 100 valence electrons. The molecular formula is C16H13NO2S. The average molecular weight is 283 g/mol. The van der Waals surface area contributed by atoms with Gasteiger partial charge < -0.3 is 10.1 Å². The highest BCUT2D eigenvalue weighted by Gasteiger charge is 2.21. The second-order valence-corrected chi connectivity index (χ2v) is 5.37. The fourth-order valence-electron chi connectivity index (χ4n) is 2.04. The maximum Gasteiger partial charge on any atom is 0.340 e. The largest absolute Gasteiger partial charge is 0.458 e. The fourth-order valence-corrected chi connectivity index (χ4v) is 3.06. The van der Waals surface area contributed by atoms with Gasteiger partial charge in [0.1, 0.15) is 6.61 Å². The highest BCUT2D eigenvalue weighted by molar-refractivity contribution is 7.99. The predicted octanol–water partition coefficient (Wildman–Crippen LogP) is 4.24. The molecule has 0 spiro atoms. The molecule has 3 nitrogen and oxygen atoms in total. The Labute approximate surface area is 121 Å². The van der Waals surface area contributed by atoms with Crippen LogP contribution >= 0.6 is 11.8 Å². The summed E-state index contributed by atoms with van der Waals surface area (Å²) in [6, 6.07) is 13.7. The molecule has 20 heavy (non-hydrogen) atoms. The van der Waals surface area contributed by atoms with Crippen LogP contribution in [-0.4, -0.2) is 12.6 Å². The van der Waals surface area contributed by atoms with Crippen molar-refractivity contribution < 1.29 is 9.53 Å². The van der Waals surface area contributed by atoms with Crippen LogP contribution in [-0.2, 0) is 4.74 Å². The predicted molar refractivity (Wildman–Crippen MR) is 80.8 cm³/mol. The molecule has 1 heterocycles. The second kappa shape index (κ2) is 5.43. The van der Waals surface area contributed by atoms with Gasteiger partial charge in [-0.15, -0.1) is 0 Å². The molecule has 0 aromatic heterocycles. The Balaban J connectivity index is 1.97. The van der Waals surface area contributed by atoms with Crippen molar-refractivity contribution in [1.82, 2.24) is 0 Å². The number of hydrogen-bond acceptors (Lipinski definition) is 4. The lowest BCUT2D eigenvalue weighted by Gasteiger charge is -2.22. The molecule has 0 fully saturated rings. The summed E-state index contributed by atoms with van der Waals surface area (Å²) >= 11 is 1.65. The van der Waals surface area contributed by atoms with E-state index >= 15 is 0 Å². The van der Waals surface area contributed by atoms with Crippen LogP contribution in [0.3, 0.4) is 0 Å². The minimum atomic E-state index is -0.339. The van der Waals surface area contributed by atoms with E-state index in [1.807, 2.05) is 30.3 Å². The molecule has 4 heteroatoms. The fraction of sp³-hybridized carbons (Fsp3) is 0.0625. The number of rotatable bonds is 3. The van der Waals surface area contributed by atoms with Crippen molar-refractivity contribution in [3.05, 3.63) is 60.7 Å². The second-order valence-electron chi connectivity index (χ2n) is 4.29. The van der Waals surface area contributed by atoms with E-state index in [9.17, 15) is 4.79 Å². The molecule has 1 N–H and O–H groups in total. The first-order valence-corrected chi connectivity index (χ1v) is 7.06. The number of nitrogens with one attached hydrogen (secondary N) is 1. The molecule has 0 saturated heterocycles. The summed E-state index contributed by atoms with van der Waals surface area (Å²) in [6.45, 7) is 3.76. The first kappa shape index (κ1) is 12.8.